The Morgan fingerprint density at radius 1 is 0.452 bits per heavy atom. The van der Waals surface area contributed by atoms with Crippen LogP contribution in [-0.2, 0) is 30.7 Å². The van der Waals surface area contributed by atoms with Crippen molar-refractivity contribution in [3.05, 3.63) is 0 Å². The van der Waals surface area contributed by atoms with Crippen LogP contribution in [0.25, 0.3) is 0 Å². The first-order valence-corrected chi connectivity index (χ1v) is 27.9. The molecule has 0 aromatic heterocycles. The standard InChI is InChI=1S/C31H58O7Si4/c1-6-14-39(2)35-40(3,15-11-23-7-9-28-30(20-23)33-28)37-41(4,16-12-24-8-10-29-31(21-24)34-29)38-42(5,36-39)17-13-25-18-26-22-27(19-25)32-26/h23-31H,6-22H2,1-5H3. The van der Waals surface area contributed by atoms with Gasteiger partial charge in [0, 0.05) is 0 Å². The SMILES string of the molecule is CCC[Si]1(C)O[Si](C)(CCC2CC3CC(C2)O3)O[Si](C)(CCC2CCC3OC3C2)O[Si](C)(CCC2CCC3OC3C2)O1. The summed E-state index contributed by atoms with van der Waals surface area (Å²) in [6, 6.07) is 4.20. The fraction of sp³-hybridized carbons (Fsp3) is 1.00. The van der Waals surface area contributed by atoms with Crippen molar-refractivity contribution in [2.45, 2.75) is 177 Å². The van der Waals surface area contributed by atoms with E-state index in [0.717, 1.165) is 48.4 Å². The molecular formula is C31H58O7Si4. The van der Waals surface area contributed by atoms with Crippen LogP contribution in [0.4, 0.5) is 0 Å². The summed E-state index contributed by atoms with van der Waals surface area (Å²) >= 11 is 0. The lowest BCUT2D eigenvalue weighted by Gasteiger charge is -2.51. The molecule has 12 atom stereocenters. The van der Waals surface area contributed by atoms with Gasteiger partial charge in [-0.3, -0.25) is 0 Å². The Labute approximate surface area is 259 Å². The Morgan fingerprint density at radius 2 is 0.857 bits per heavy atom. The summed E-state index contributed by atoms with van der Waals surface area (Å²) in [6.45, 7) is 11.7. The minimum Gasteiger partial charge on any atom is -0.416 e. The molecule has 0 aromatic rings. The van der Waals surface area contributed by atoms with Crippen molar-refractivity contribution >= 4 is 34.2 Å². The Hall–Kier alpha value is 0.588. The van der Waals surface area contributed by atoms with Crippen molar-refractivity contribution in [1.82, 2.24) is 0 Å². The van der Waals surface area contributed by atoms with Crippen molar-refractivity contribution in [2.24, 2.45) is 17.8 Å². The van der Waals surface area contributed by atoms with E-state index in [1.54, 1.807) is 0 Å². The summed E-state index contributed by atoms with van der Waals surface area (Å²) < 4.78 is 47.6. The largest absolute Gasteiger partial charge is 0.416 e. The van der Waals surface area contributed by atoms with Gasteiger partial charge in [0.1, 0.15) is 0 Å². The quantitative estimate of drug-likeness (QED) is 0.168. The topological polar surface area (TPSA) is 71.2 Å². The van der Waals surface area contributed by atoms with E-state index in [4.69, 9.17) is 30.7 Å². The third-order valence-corrected chi connectivity index (χ3v) is 30.6. The van der Waals surface area contributed by atoms with Gasteiger partial charge in [-0.25, -0.2) is 0 Å². The number of hydrogen-bond donors (Lipinski definition) is 0. The van der Waals surface area contributed by atoms with Crippen LogP contribution in [0.2, 0.25) is 50.4 Å². The van der Waals surface area contributed by atoms with Crippen molar-refractivity contribution in [3.63, 3.8) is 0 Å². The molecule has 11 heteroatoms. The number of rotatable bonds is 11. The molecule has 8 aliphatic rings. The van der Waals surface area contributed by atoms with E-state index in [9.17, 15) is 0 Å². The second kappa shape index (κ2) is 12.0. The van der Waals surface area contributed by atoms with Gasteiger partial charge in [0.25, 0.3) is 0 Å². The fourth-order valence-corrected chi connectivity index (χ4v) is 33.4. The highest BCUT2D eigenvalue weighted by atomic mass is 28.5. The predicted molar refractivity (Wildman–Crippen MR) is 172 cm³/mol. The molecule has 5 aliphatic heterocycles. The average Bonchev–Trinajstić information content (AvgIpc) is 3.83. The highest BCUT2D eigenvalue weighted by Crippen LogP contribution is 2.47. The summed E-state index contributed by atoms with van der Waals surface area (Å²) in [7, 11) is -10.0. The van der Waals surface area contributed by atoms with Crippen LogP contribution < -0.4 is 0 Å². The average molecular weight is 655 g/mol. The van der Waals surface area contributed by atoms with Crippen LogP contribution in [-0.4, -0.2) is 70.9 Å². The smallest absolute Gasteiger partial charge is 0.317 e. The Morgan fingerprint density at radius 3 is 1.26 bits per heavy atom. The van der Waals surface area contributed by atoms with E-state index in [1.807, 2.05) is 0 Å². The molecule has 0 amide bonds. The van der Waals surface area contributed by atoms with Gasteiger partial charge >= 0.3 is 34.2 Å². The molecule has 5 heterocycles. The zero-order valence-corrected chi connectivity index (χ0v) is 31.1. The molecule has 2 bridgehead atoms. The van der Waals surface area contributed by atoms with Crippen molar-refractivity contribution in [1.29, 1.82) is 0 Å². The molecule has 0 radical (unpaired) electrons. The predicted octanol–water partition coefficient (Wildman–Crippen LogP) is 7.64. The van der Waals surface area contributed by atoms with E-state index in [-0.39, 0.29) is 0 Å². The number of epoxide rings is 2. The molecule has 7 nitrogen and oxygen atoms in total. The van der Waals surface area contributed by atoms with E-state index >= 15 is 0 Å². The summed E-state index contributed by atoms with van der Waals surface area (Å²) in [5, 5.41) is 0. The molecule has 0 spiro atoms. The van der Waals surface area contributed by atoms with Gasteiger partial charge < -0.3 is 30.7 Å². The Balaban J connectivity index is 1.08. The molecule has 12 unspecified atom stereocenters. The molecule has 8 rings (SSSR count). The monoisotopic (exact) mass is 654 g/mol. The Kier molecular flexibility index (Phi) is 8.91. The van der Waals surface area contributed by atoms with Crippen LogP contribution in [0, 0.1) is 17.8 Å². The Bertz CT molecular complexity index is 930. The molecule has 0 aromatic carbocycles. The zero-order chi connectivity index (χ0) is 29.2. The van der Waals surface area contributed by atoms with E-state index < -0.39 is 34.2 Å². The normalized spacial score (nSPS) is 53.2. The third-order valence-electron chi connectivity index (χ3n) is 11.8. The number of fused-ring (bicyclic) bond motifs is 4. The molecule has 3 saturated carbocycles. The third kappa shape index (κ3) is 7.42. The first-order valence-electron chi connectivity index (χ1n) is 17.8. The zero-order valence-electron chi connectivity index (χ0n) is 27.1. The van der Waals surface area contributed by atoms with Gasteiger partial charge in [0.15, 0.2) is 0 Å². The maximum Gasteiger partial charge on any atom is 0.317 e. The lowest BCUT2D eigenvalue weighted by molar-refractivity contribution is -0.173. The molecule has 3 aliphatic carbocycles. The van der Waals surface area contributed by atoms with Gasteiger partial charge in [-0.05, 0) is 145 Å². The summed E-state index contributed by atoms with van der Waals surface area (Å²) in [6.07, 6.45) is 19.1. The molecule has 8 fully saturated rings. The lowest BCUT2D eigenvalue weighted by atomic mass is 9.79. The van der Waals surface area contributed by atoms with Crippen LogP contribution in [0.5, 0.6) is 0 Å². The van der Waals surface area contributed by atoms with Crippen molar-refractivity contribution in [3.8, 4) is 0 Å². The molecule has 0 N–H and O–H groups in total. The summed E-state index contributed by atoms with van der Waals surface area (Å²) in [5.41, 5.74) is 0. The van der Waals surface area contributed by atoms with Gasteiger partial charge in [0.05, 0.1) is 36.6 Å². The summed E-state index contributed by atoms with van der Waals surface area (Å²) in [4.78, 5) is 0. The van der Waals surface area contributed by atoms with Crippen molar-refractivity contribution < 1.29 is 30.7 Å². The minimum atomic E-state index is -2.55. The molecule has 240 valence electrons. The number of ether oxygens (including phenoxy) is 3. The van der Waals surface area contributed by atoms with Gasteiger partial charge in [-0.1, -0.05) is 13.3 Å². The number of hydrogen-bond acceptors (Lipinski definition) is 7. The van der Waals surface area contributed by atoms with Gasteiger partial charge in [0.2, 0.25) is 0 Å². The van der Waals surface area contributed by atoms with Gasteiger partial charge in [-0.15, -0.1) is 0 Å². The highest BCUT2D eigenvalue weighted by Gasteiger charge is 2.57. The van der Waals surface area contributed by atoms with E-state index in [1.165, 1.54) is 77.0 Å². The van der Waals surface area contributed by atoms with Crippen LogP contribution in [0.15, 0.2) is 0 Å². The minimum absolute atomic E-state index is 0.507. The highest BCUT2D eigenvalue weighted by molar-refractivity contribution is 6.93. The lowest BCUT2D eigenvalue weighted by Crippen LogP contribution is -2.67. The molecular weight excluding hydrogens is 597 g/mol. The molecule has 5 saturated heterocycles. The second-order valence-corrected chi connectivity index (χ2v) is 30.4. The van der Waals surface area contributed by atoms with Crippen LogP contribution in [0.1, 0.15) is 90.4 Å². The molecule has 42 heavy (non-hydrogen) atoms. The van der Waals surface area contributed by atoms with Crippen LogP contribution in [0.3, 0.4) is 0 Å². The first kappa shape index (κ1) is 31.2. The van der Waals surface area contributed by atoms with Gasteiger partial charge in [-0.2, -0.15) is 0 Å². The van der Waals surface area contributed by atoms with E-state index in [0.29, 0.717) is 36.6 Å². The summed E-state index contributed by atoms with van der Waals surface area (Å²) in [5.74, 6) is 2.22. The maximum absolute atomic E-state index is 7.52. The second-order valence-electron chi connectivity index (χ2n) is 16.0. The van der Waals surface area contributed by atoms with E-state index in [2.05, 4.69) is 33.1 Å². The maximum atomic E-state index is 7.52. The fourth-order valence-electron chi connectivity index (χ4n) is 9.60. The van der Waals surface area contributed by atoms with Crippen LogP contribution >= 0.6 is 0 Å². The van der Waals surface area contributed by atoms with Crippen molar-refractivity contribution in [2.75, 3.05) is 0 Å². The first-order chi connectivity index (χ1) is 20.0.